The van der Waals surface area contributed by atoms with E-state index in [4.69, 9.17) is 34.7 Å². The van der Waals surface area contributed by atoms with Crippen LogP contribution >= 0.6 is 23.2 Å². The van der Waals surface area contributed by atoms with Crippen molar-refractivity contribution in [2.75, 3.05) is 11.9 Å². The number of anilines is 1. The Hall–Kier alpha value is -2.85. The first-order chi connectivity index (χ1) is 15.2. The van der Waals surface area contributed by atoms with Crippen molar-refractivity contribution in [2.45, 2.75) is 31.6 Å². The molecule has 1 atom stereocenters. The van der Waals surface area contributed by atoms with Crippen LogP contribution in [0.4, 0.5) is 5.69 Å². The molecule has 0 fully saturated rings. The number of nitrogens with one attached hydrogen (secondary N) is 2. The van der Waals surface area contributed by atoms with Crippen LogP contribution in [0.1, 0.15) is 28.8 Å². The lowest BCUT2D eigenvalue weighted by Gasteiger charge is -2.21. The zero-order chi connectivity index (χ0) is 23.7. The predicted molar refractivity (Wildman–Crippen MR) is 125 cm³/mol. The topological polar surface area (TPSA) is 163 Å². The first-order valence-electron chi connectivity index (χ1n) is 9.72. The summed E-state index contributed by atoms with van der Waals surface area (Å²) in [4.78, 5) is 28.3. The summed E-state index contributed by atoms with van der Waals surface area (Å²) in [6.07, 6.45) is -0.927. The van der Waals surface area contributed by atoms with Crippen LogP contribution in [0.15, 0.2) is 47.5 Å². The van der Waals surface area contributed by atoms with E-state index in [-0.39, 0.29) is 40.3 Å². The van der Waals surface area contributed by atoms with Gasteiger partial charge in [0, 0.05) is 18.7 Å². The Labute approximate surface area is 195 Å². The summed E-state index contributed by atoms with van der Waals surface area (Å²) in [5, 5.41) is 25.0. The molecule has 2 aromatic carbocycles. The third kappa shape index (κ3) is 8.01. The highest BCUT2D eigenvalue weighted by molar-refractivity contribution is 6.39. The first kappa shape index (κ1) is 25.4. The summed E-state index contributed by atoms with van der Waals surface area (Å²) in [5.41, 5.74) is 11.8. The maximum Gasteiger partial charge on any atom is 0.254 e. The summed E-state index contributed by atoms with van der Waals surface area (Å²) >= 11 is 12.1. The summed E-state index contributed by atoms with van der Waals surface area (Å²) in [5.74, 6) is -0.821. The van der Waals surface area contributed by atoms with E-state index in [2.05, 4.69) is 15.6 Å². The number of hydrogen-bond acceptors (Lipinski definition) is 5. The number of carbonyl (C=O) groups excluding carboxylic acids is 2. The lowest BCUT2D eigenvalue weighted by Crippen LogP contribution is -2.45. The average Bonchev–Trinajstić information content (AvgIpc) is 2.71. The minimum atomic E-state index is -1.81. The van der Waals surface area contributed by atoms with Crippen LogP contribution in [-0.4, -0.2) is 46.9 Å². The van der Waals surface area contributed by atoms with Crippen LogP contribution in [0, 0.1) is 0 Å². The molecule has 0 aromatic heterocycles. The van der Waals surface area contributed by atoms with Crippen LogP contribution in [0.2, 0.25) is 10.0 Å². The SMILES string of the molecule is NC(N)=NCCCC(=O)Nc1ccc(C[C@H](NC(=O)c2c(Cl)cccc2Cl)C(O)O)cc1. The van der Waals surface area contributed by atoms with E-state index in [1.807, 2.05) is 0 Å². The van der Waals surface area contributed by atoms with E-state index in [9.17, 15) is 19.8 Å². The highest BCUT2D eigenvalue weighted by Crippen LogP contribution is 2.24. The molecule has 0 aliphatic carbocycles. The maximum absolute atomic E-state index is 12.5. The molecule has 32 heavy (non-hydrogen) atoms. The van der Waals surface area contributed by atoms with Gasteiger partial charge in [0.1, 0.15) is 0 Å². The summed E-state index contributed by atoms with van der Waals surface area (Å²) in [7, 11) is 0. The molecule has 0 saturated carbocycles. The van der Waals surface area contributed by atoms with Crippen molar-refractivity contribution in [3.05, 3.63) is 63.6 Å². The summed E-state index contributed by atoms with van der Waals surface area (Å²) in [6, 6.07) is 10.4. The molecule has 2 rings (SSSR count). The number of rotatable bonds is 10. The summed E-state index contributed by atoms with van der Waals surface area (Å²) < 4.78 is 0. The molecule has 2 aromatic rings. The molecule has 0 aliphatic rings. The van der Waals surface area contributed by atoms with Gasteiger partial charge < -0.3 is 32.3 Å². The van der Waals surface area contributed by atoms with Gasteiger partial charge in [-0.3, -0.25) is 14.6 Å². The number of aliphatic hydroxyl groups is 2. The van der Waals surface area contributed by atoms with Gasteiger partial charge in [-0.25, -0.2) is 0 Å². The fourth-order valence-corrected chi connectivity index (χ4v) is 3.40. The molecule has 0 heterocycles. The van der Waals surface area contributed by atoms with Crippen molar-refractivity contribution >= 4 is 46.7 Å². The van der Waals surface area contributed by atoms with Gasteiger partial charge in [-0.1, -0.05) is 41.4 Å². The van der Waals surface area contributed by atoms with Gasteiger partial charge >= 0.3 is 0 Å². The van der Waals surface area contributed by atoms with Gasteiger partial charge in [0.25, 0.3) is 5.91 Å². The molecule has 0 bridgehead atoms. The lowest BCUT2D eigenvalue weighted by atomic mass is 10.0. The van der Waals surface area contributed by atoms with Gasteiger partial charge in [-0.15, -0.1) is 0 Å². The van der Waals surface area contributed by atoms with Crippen molar-refractivity contribution in [3.63, 3.8) is 0 Å². The maximum atomic E-state index is 12.5. The Bertz CT molecular complexity index is 943. The molecule has 8 N–H and O–H groups in total. The molecule has 9 nitrogen and oxygen atoms in total. The third-order valence-corrected chi connectivity index (χ3v) is 5.05. The van der Waals surface area contributed by atoms with Gasteiger partial charge in [-0.2, -0.15) is 0 Å². The van der Waals surface area contributed by atoms with E-state index in [1.54, 1.807) is 30.3 Å². The second-order valence-electron chi connectivity index (χ2n) is 6.95. The monoisotopic (exact) mass is 481 g/mol. The molecule has 0 aliphatic heterocycles. The molecule has 0 radical (unpaired) electrons. The highest BCUT2D eigenvalue weighted by atomic mass is 35.5. The number of aliphatic hydroxyl groups excluding tert-OH is 1. The zero-order valence-corrected chi connectivity index (χ0v) is 18.6. The predicted octanol–water partition coefficient (Wildman–Crippen LogP) is 1.64. The largest absolute Gasteiger partial charge is 0.370 e. The van der Waals surface area contributed by atoms with Gasteiger partial charge in [0.05, 0.1) is 21.7 Å². The number of guanidine groups is 1. The number of carbonyl (C=O) groups is 2. The van der Waals surface area contributed by atoms with Crippen molar-refractivity contribution < 1.29 is 19.8 Å². The van der Waals surface area contributed by atoms with Gasteiger partial charge in [-0.05, 0) is 42.7 Å². The lowest BCUT2D eigenvalue weighted by molar-refractivity contribution is -0.116. The van der Waals surface area contributed by atoms with Crippen LogP contribution in [0.3, 0.4) is 0 Å². The van der Waals surface area contributed by atoms with Crippen molar-refractivity contribution in [1.82, 2.24) is 5.32 Å². The van der Waals surface area contributed by atoms with E-state index >= 15 is 0 Å². The molecular weight excluding hydrogens is 457 g/mol. The number of benzene rings is 2. The second kappa shape index (κ2) is 12.3. The van der Waals surface area contributed by atoms with Crippen LogP contribution < -0.4 is 22.1 Å². The first-order valence-corrected chi connectivity index (χ1v) is 10.5. The third-order valence-electron chi connectivity index (χ3n) is 4.42. The fraction of sp³-hybridized carbons (Fsp3) is 0.286. The van der Waals surface area contributed by atoms with Crippen molar-refractivity contribution in [3.8, 4) is 0 Å². The number of nitrogens with two attached hydrogens (primary N) is 2. The van der Waals surface area contributed by atoms with Gasteiger partial charge in [0.15, 0.2) is 12.2 Å². The molecule has 0 spiro atoms. The van der Waals surface area contributed by atoms with Crippen LogP contribution in [-0.2, 0) is 11.2 Å². The highest BCUT2D eigenvalue weighted by Gasteiger charge is 2.23. The van der Waals surface area contributed by atoms with Crippen LogP contribution in [0.25, 0.3) is 0 Å². The molecule has 0 unspecified atom stereocenters. The Morgan fingerprint density at radius 3 is 2.22 bits per heavy atom. The zero-order valence-electron chi connectivity index (χ0n) is 17.1. The fourth-order valence-electron chi connectivity index (χ4n) is 2.84. The van der Waals surface area contributed by atoms with E-state index in [0.29, 0.717) is 24.2 Å². The minimum Gasteiger partial charge on any atom is -0.370 e. The Morgan fingerprint density at radius 1 is 1.03 bits per heavy atom. The minimum absolute atomic E-state index is 0.0153. The van der Waals surface area contributed by atoms with Crippen molar-refractivity contribution in [2.24, 2.45) is 16.5 Å². The average molecular weight is 482 g/mol. The van der Waals surface area contributed by atoms with Crippen molar-refractivity contribution in [1.29, 1.82) is 0 Å². The number of nitrogens with zero attached hydrogens (tertiary/aromatic N) is 1. The Kier molecular flexibility index (Phi) is 9.73. The quantitative estimate of drug-likeness (QED) is 0.131. The Morgan fingerprint density at radius 2 is 1.66 bits per heavy atom. The van der Waals surface area contributed by atoms with E-state index < -0.39 is 18.2 Å². The summed E-state index contributed by atoms with van der Waals surface area (Å²) in [6.45, 7) is 0.366. The smallest absolute Gasteiger partial charge is 0.254 e. The van der Waals surface area contributed by atoms with Gasteiger partial charge in [0.2, 0.25) is 5.91 Å². The number of amides is 2. The molecular formula is C21H25Cl2N5O4. The normalized spacial score (nSPS) is 11.7. The molecule has 0 saturated heterocycles. The molecule has 2 amide bonds. The molecule has 11 heteroatoms. The number of hydrogen-bond donors (Lipinski definition) is 6. The number of aliphatic imine (C=N–C) groups is 1. The Balaban J connectivity index is 1.95. The number of halogens is 2. The van der Waals surface area contributed by atoms with Crippen LogP contribution in [0.5, 0.6) is 0 Å². The second-order valence-corrected chi connectivity index (χ2v) is 7.76. The molecule has 172 valence electrons. The standard InChI is InChI=1S/C21H25Cl2N5O4/c22-14-3-1-4-15(23)18(14)19(30)28-16(20(31)32)11-12-6-8-13(9-7-12)27-17(29)5-2-10-26-21(24)25/h1,3-4,6-9,16,20,31-32H,2,5,10-11H2,(H,27,29)(H,28,30)(H4,24,25,26)/t16-/m0/s1. The van der Waals surface area contributed by atoms with E-state index in [1.165, 1.54) is 12.1 Å². The van der Waals surface area contributed by atoms with E-state index in [0.717, 1.165) is 0 Å².